The number of alkyl halides is 5. The lowest BCUT2D eigenvalue weighted by molar-refractivity contribution is -0.284. The van der Waals surface area contributed by atoms with Crippen LogP contribution in [-0.2, 0) is 28.5 Å². The van der Waals surface area contributed by atoms with Crippen molar-refractivity contribution in [2.45, 2.75) is 82.5 Å². The zero-order valence-corrected chi connectivity index (χ0v) is 24.2. The van der Waals surface area contributed by atoms with Crippen molar-refractivity contribution in [3.8, 4) is 11.5 Å². The normalized spacial score (nSPS) is 16.3. The molecule has 2 unspecified atom stereocenters. The summed E-state index contributed by atoms with van der Waals surface area (Å²) in [6.45, 7) is 1.21. The highest BCUT2D eigenvalue weighted by Gasteiger charge is 2.56. The molecule has 2 aromatic carbocycles. The Kier molecular flexibility index (Phi) is 12.6. The molecule has 1 heterocycles. The van der Waals surface area contributed by atoms with Crippen molar-refractivity contribution in [1.82, 2.24) is 4.90 Å². The van der Waals surface area contributed by atoms with Crippen LogP contribution in [0.25, 0.3) is 0 Å². The summed E-state index contributed by atoms with van der Waals surface area (Å²) in [4.78, 5) is 15.0. The summed E-state index contributed by atoms with van der Waals surface area (Å²) in [5, 5.41) is 19.5. The Hall–Kier alpha value is -2.73. The van der Waals surface area contributed by atoms with Crippen molar-refractivity contribution in [1.29, 1.82) is 0 Å². The number of hydrogen-bond acceptors (Lipinski definition) is 5. The molecular formula is C30H38F5NO5S. The van der Waals surface area contributed by atoms with E-state index in [-0.39, 0.29) is 29.2 Å². The minimum absolute atomic E-state index is 0.0725. The van der Waals surface area contributed by atoms with E-state index in [1.807, 2.05) is 6.07 Å². The van der Waals surface area contributed by atoms with E-state index >= 15 is 0 Å². The van der Waals surface area contributed by atoms with Gasteiger partial charge in [-0.1, -0.05) is 31.7 Å². The smallest absolute Gasteiger partial charge is 0.453 e. The van der Waals surface area contributed by atoms with Gasteiger partial charge in [-0.2, -0.15) is 22.0 Å². The standard InChI is InChI=1S/C30H38F5NO5S/c31-29(32,30(33,34)35)14-7-17-42(40)16-6-4-2-1-3-5-15-41-21-25-18-23-10-13-27(38)19-24(23)20-36(25)28(39)22-8-11-26(37)12-9-22/h8-13,19,25,37-38H,1-7,14-18,20-21H2. The number of aromatic hydroxyl groups is 2. The van der Waals surface area contributed by atoms with Gasteiger partial charge >= 0.3 is 12.1 Å². The minimum Gasteiger partial charge on any atom is -0.508 e. The largest absolute Gasteiger partial charge is 0.508 e. The molecule has 0 aliphatic carbocycles. The van der Waals surface area contributed by atoms with Crippen LogP contribution in [0.5, 0.6) is 11.5 Å². The Bertz CT molecular complexity index is 1180. The first-order valence-electron chi connectivity index (χ1n) is 14.2. The molecule has 0 spiro atoms. The van der Waals surface area contributed by atoms with Gasteiger partial charge in [0.1, 0.15) is 11.5 Å². The molecule has 0 bridgehead atoms. The number of hydrogen-bond donors (Lipinski definition) is 2. The highest BCUT2D eigenvalue weighted by Crippen LogP contribution is 2.38. The van der Waals surface area contributed by atoms with Crippen molar-refractivity contribution in [2.24, 2.45) is 0 Å². The van der Waals surface area contributed by atoms with E-state index in [1.165, 1.54) is 12.1 Å². The number of unbranched alkanes of at least 4 members (excludes halogenated alkanes) is 5. The molecule has 234 valence electrons. The number of fused-ring (bicyclic) bond motifs is 1. The number of phenolic OH excluding ortho intramolecular Hbond substituents is 2. The number of carbonyl (C=O) groups excluding carboxylic acids is 1. The fraction of sp³-hybridized carbons (Fsp3) is 0.567. The maximum atomic E-state index is 13.3. The molecule has 6 nitrogen and oxygen atoms in total. The second-order valence-electron chi connectivity index (χ2n) is 10.6. The lowest BCUT2D eigenvalue weighted by atomic mass is 9.93. The van der Waals surface area contributed by atoms with Crippen LogP contribution in [0.2, 0.25) is 0 Å². The summed E-state index contributed by atoms with van der Waals surface area (Å²) < 4.78 is 80.2. The quantitative estimate of drug-likeness (QED) is 0.160. The maximum absolute atomic E-state index is 13.3. The van der Waals surface area contributed by atoms with E-state index < -0.39 is 35.7 Å². The van der Waals surface area contributed by atoms with E-state index in [0.29, 0.717) is 43.9 Å². The lowest BCUT2D eigenvalue weighted by Gasteiger charge is -2.37. The predicted molar refractivity (Wildman–Crippen MR) is 150 cm³/mol. The number of carbonyl (C=O) groups is 1. The van der Waals surface area contributed by atoms with E-state index in [9.17, 15) is 41.2 Å². The van der Waals surface area contributed by atoms with Crippen LogP contribution in [0.1, 0.15) is 72.9 Å². The zero-order chi connectivity index (χ0) is 30.8. The molecule has 0 saturated carbocycles. The molecule has 0 saturated heterocycles. The Labute approximate surface area is 245 Å². The fourth-order valence-corrected chi connectivity index (χ4v) is 6.08. The van der Waals surface area contributed by atoms with Gasteiger partial charge in [-0.15, -0.1) is 0 Å². The Morgan fingerprint density at radius 3 is 2.17 bits per heavy atom. The van der Waals surface area contributed by atoms with Gasteiger partial charge in [-0.05, 0) is 73.2 Å². The SMILES string of the molecule is O=C(c1ccc(O)cc1)N1Cc2cc(O)ccc2CC1COCCCCCCCCS(=O)CCCC(F)(F)C(F)(F)F. The molecule has 0 radical (unpaired) electrons. The second kappa shape index (κ2) is 15.7. The van der Waals surface area contributed by atoms with Gasteiger partial charge in [0.05, 0.1) is 12.6 Å². The van der Waals surface area contributed by atoms with Crippen molar-refractivity contribution in [2.75, 3.05) is 24.7 Å². The number of amides is 1. The van der Waals surface area contributed by atoms with Crippen molar-refractivity contribution < 1.29 is 45.9 Å². The topological polar surface area (TPSA) is 87.1 Å². The molecule has 42 heavy (non-hydrogen) atoms. The molecule has 2 atom stereocenters. The molecule has 0 fully saturated rings. The molecule has 2 aromatic rings. The molecule has 0 aromatic heterocycles. The van der Waals surface area contributed by atoms with E-state index in [4.69, 9.17) is 4.74 Å². The lowest BCUT2D eigenvalue weighted by Crippen LogP contribution is -2.46. The van der Waals surface area contributed by atoms with Gasteiger partial charge in [-0.25, -0.2) is 0 Å². The Balaban J connectivity index is 1.32. The number of nitrogens with zero attached hydrogens (tertiary/aromatic N) is 1. The first kappa shape index (κ1) is 33.8. The average Bonchev–Trinajstić information content (AvgIpc) is 2.93. The van der Waals surface area contributed by atoms with Gasteiger partial charge in [0.2, 0.25) is 0 Å². The van der Waals surface area contributed by atoms with Crippen LogP contribution in [0.4, 0.5) is 22.0 Å². The summed E-state index contributed by atoms with van der Waals surface area (Å²) in [6, 6.07) is 11.1. The van der Waals surface area contributed by atoms with Crippen LogP contribution in [-0.4, -0.2) is 68.1 Å². The third kappa shape index (κ3) is 10.2. The number of ether oxygens (including phenoxy) is 1. The van der Waals surface area contributed by atoms with Gasteiger partial charge in [0.15, 0.2) is 0 Å². The molecule has 1 aliphatic rings. The van der Waals surface area contributed by atoms with Crippen LogP contribution < -0.4 is 0 Å². The predicted octanol–water partition coefficient (Wildman–Crippen LogP) is 6.75. The summed E-state index contributed by atoms with van der Waals surface area (Å²) >= 11 is 0. The monoisotopic (exact) mass is 619 g/mol. The van der Waals surface area contributed by atoms with Crippen LogP contribution in [0.15, 0.2) is 42.5 Å². The summed E-state index contributed by atoms with van der Waals surface area (Å²) in [5.74, 6) is -4.57. The summed E-state index contributed by atoms with van der Waals surface area (Å²) in [7, 11) is -1.40. The van der Waals surface area contributed by atoms with Crippen molar-refractivity contribution in [3.63, 3.8) is 0 Å². The van der Waals surface area contributed by atoms with Crippen molar-refractivity contribution >= 4 is 16.7 Å². The van der Waals surface area contributed by atoms with Crippen LogP contribution in [0, 0.1) is 0 Å². The molecule has 3 rings (SSSR count). The van der Waals surface area contributed by atoms with Crippen LogP contribution in [0.3, 0.4) is 0 Å². The van der Waals surface area contributed by atoms with Gasteiger partial charge in [-0.3, -0.25) is 9.00 Å². The van der Waals surface area contributed by atoms with Crippen LogP contribution >= 0.6 is 0 Å². The Morgan fingerprint density at radius 1 is 0.857 bits per heavy atom. The number of halogens is 5. The number of benzene rings is 2. The number of rotatable bonds is 16. The summed E-state index contributed by atoms with van der Waals surface area (Å²) in [5.41, 5.74) is 2.38. The van der Waals surface area contributed by atoms with Gasteiger partial charge < -0.3 is 19.8 Å². The minimum atomic E-state index is -5.57. The number of phenols is 2. The molecular weight excluding hydrogens is 581 g/mol. The maximum Gasteiger partial charge on any atom is 0.453 e. The highest BCUT2D eigenvalue weighted by atomic mass is 32.2. The van der Waals surface area contributed by atoms with Gasteiger partial charge in [0.25, 0.3) is 5.91 Å². The van der Waals surface area contributed by atoms with E-state index in [2.05, 4.69) is 0 Å². The Morgan fingerprint density at radius 2 is 1.48 bits per heavy atom. The zero-order valence-electron chi connectivity index (χ0n) is 23.4. The molecule has 1 aliphatic heterocycles. The van der Waals surface area contributed by atoms with E-state index in [1.54, 1.807) is 29.2 Å². The second-order valence-corrected chi connectivity index (χ2v) is 12.3. The molecule has 1 amide bonds. The fourth-order valence-electron chi connectivity index (χ4n) is 4.88. The third-order valence-electron chi connectivity index (χ3n) is 7.30. The van der Waals surface area contributed by atoms with Crippen molar-refractivity contribution in [3.05, 3.63) is 59.2 Å². The van der Waals surface area contributed by atoms with E-state index in [0.717, 1.165) is 43.2 Å². The highest BCUT2D eigenvalue weighted by molar-refractivity contribution is 7.84. The first-order valence-corrected chi connectivity index (χ1v) is 15.6. The summed E-state index contributed by atoms with van der Waals surface area (Å²) in [6.07, 6.45) is -1.76. The molecule has 2 N–H and O–H groups in total. The first-order chi connectivity index (χ1) is 19.9. The molecule has 12 heteroatoms. The van der Waals surface area contributed by atoms with Gasteiger partial charge in [0, 0.05) is 47.4 Å². The third-order valence-corrected chi connectivity index (χ3v) is 8.79. The average molecular weight is 620 g/mol.